The molecule has 4 aromatic rings. The molecule has 0 saturated heterocycles. The minimum Gasteiger partial charge on any atom is -0.410 e. The number of rotatable bonds is 10. The number of sulfonamides is 1. The van der Waals surface area contributed by atoms with Gasteiger partial charge in [0, 0.05) is 28.5 Å². The Hall–Kier alpha value is -5.07. The number of ether oxygens (including phenoxy) is 1. The number of primary sulfonamides is 1. The average molecular weight is 618 g/mol. The SMILES string of the molecule is CCC(C)N(CC(=O)Nc1ccc(-c2ccccc2S(N)(=O)=O)cc1)c1cccc(C(=N)NC(=O)Oc2ccc(F)cc2)c1. The molecule has 0 spiro atoms. The van der Waals surface area contributed by atoms with E-state index in [0.717, 1.165) is 18.6 Å². The zero-order valence-corrected chi connectivity index (χ0v) is 24.9. The lowest BCUT2D eigenvalue weighted by Gasteiger charge is -2.30. The lowest BCUT2D eigenvalue weighted by atomic mass is 10.1. The van der Waals surface area contributed by atoms with Crippen molar-refractivity contribution in [2.24, 2.45) is 5.14 Å². The summed E-state index contributed by atoms with van der Waals surface area (Å²) in [5, 5.41) is 19.0. The normalized spacial score (nSPS) is 11.7. The van der Waals surface area contributed by atoms with E-state index in [0.29, 0.717) is 28.1 Å². The number of amidine groups is 1. The molecule has 1 unspecified atom stereocenters. The van der Waals surface area contributed by atoms with E-state index in [-0.39, 0.29) is 35.0 Å². The molecule has 44 heavy (non-hydrogen) atoms. The molecular formula is C32H32FN5O5S. The molecule has 0 heterocycles. The van der Waals surface area contributed by atoms with Crippen LogP contribution in [0.25, 0.3) is 11.1 Å². The van der Waals surface area contributed by atoms with Gasteiger partial charge in [0.15, 0.2) is 0 Å². The second kappa shape index (κ2) is 13.9. The Morgan fingerprint density at radius 3 is 2.32 bits per heavy atom. The van der Waals surface area contributed by atoms with Crippen molar-refractivity contribution in [2.75, 3.05) is 16.8 Å². The standard InChI is InChI=1S/C32H32FN5O5S/c1-3-21(2)38(26-8-6-7-23(19-26)31(34)37-32(40)43-27-17-13-24(33)14-18-27)20-30(39)36-25-15-11-22(12-16-25)28-9-4-5-10-29(28)44(35,41)42/h4-19,21H,3,20H2,1-2H3,(H,36,39)(H2,34,37,40)(H2,35,41,42). The van der Waals surface area contributed by atoms with Crippen LogP contribution >= 0.6 is 0 Å². The molecule has 0 aliphatic carbocycles. The Labute approximate surface area is 255 Å². The summed E-state index contributed by atoms with van der Waals surface area (Å²) in [6.07, 6.45) is -0.167. The largest absolute Gasteiger partial charge is 0.418 e. The highest BCUT2D eigenvalue weighted by Gasteiger charge is 2.19. The minimum atomic E-state index is -3.92. The van der Waals surface area contributed by atoms with Crippen molar-refractivity contribution in [2.45, 2.75) is 31.2 Å². The van der Waals surface area contributed by atoms with E-state index in [2.05, 4.69) is 10.6 Å². The van der Waals surface area contributed by atoms with Gasteiger partial charge >= 0.3 is 6.09 Å². The number of amides is 2. The van der Waals surface area contributed by atoms with E-state index < -0.39 is 21.9 Å². The van der Waals surface area contributed by atoms with Crippen molar-refractivity contribution >= 4 is 39.2 Å². The number of hydrogen-bond donors (Lipinski definition) is 4. The van der Waals surface area contributed by atoms with Crippen molar-refractivity contribution in [1.82, 2.24) is 5.32 Å². The molecule has 2 amide bonds. The first kappa shape index (κ1) is 31.9. The van der Waals surface area contributed by atoms with Gasteiger partial charge in [0.25, 0.3) is 0 Å². The molecule has 4 rings (SSSR count). The Morgan fingerprint density at radius 2 is 1.66 bits per heavy atom. The van der Waals surface area contributed by atoms with Crippen molar-refractivity contribution in [3.8, 4) is 16.9 Å². The van der Waals surface area contributed by atoms with Crippen LogP contribution in [-0.2, 0) is 14.8 Å². The van der Waals surface area contributed by atoms with Crippen molar-refractivity contribution in [1.29, 1.82) is 5.41 Å². The number of halogens is 1. The lowest BCUT2D eigenvalue weighted by Crippen LogP contribution is -2.39. The molecule has 0 fully saturated rings. The summed E-state index contributed by atoms with van der Waals surface area (Å²) >= 11 is 0. The summed E-state index contributed by atoms with van der Waals surface area (Å²) in [4.78, 5) is 27.3. The molecule has 10 nitrogen and oxygen atoms in total. The predicted molar refractivity (Wildman–Crippen MR) is 168 cm³/mol. The van der Waals surface area contributed by atoms with E-state index in [1.807, 2.05) is 24.8 Å². The van der Waals surface area contributed by atoms with Crippen molar-refractivity contribution in [3.05, 3.63) is 108 Å². The summed E-state index contributed by atoms with van der Waals surface area (Å²) < 4.78 is 42.2. The fourth-order valence-electron chi connectivity index (χ4n) is 4.41. The number of benzene rings is 4. The third-order valence-corrected chi connectivity index (χ3v) is 7.80. The van der Waals surface area contributed by atoms with Crippen molar-refractivity contribution in [3.63, 3.8) is 0 Å². The van der Waals surface area contributed by atoms with Gasteiger partial charge in [-0.2, -0.15) is 0 Å². The first-order valence-corrected chi connectivity index (χ1v) is 15.2. The maximum Gasteiger partial charge on any atom is 0.418 e. The first-order chi connectivity index (χ1) is 20.9. The third kappa shape index (κ3) is 8.27. The molecule has 0 aromatic heterocycles. The molecule has 228 valence electrons. The Morgan fingerprint density at radius 1 is 0.977 bits per heavy atom. The number of carbonyl (C=O) groups excluding carboxylic acids is 2. The molecular weight excluding hydrogens is 585 g/mol. The smallest absolute Gasteiger partial charge is 0.410 e. The topological polar surface area (TPSA) is 155 Å². The highest BCUT2D eigenvalue weighted by atomic mass is 32.2. The number of hydrogen-bond acceptors (Lipinski definition) is 7. The lowest BCUT2D eigenvalue weighted by molar-refractivity contribution is -0.115. The van der Waals surface area contributed by atoms with Crippen LogP contribution in [0.15, 0.2) is 102 Å². The van der Waals surface area contributed by atoms with E-state index in [1.165, 1.54) is 18.2 Å². The van der Waals surface area contributed by atoms with Gasteiger partial charge in [0.2, 0.25) is 15.9 Å². The number of nitrogens with zero attached hydrogens (tertiary/aromatic N) is 1. The number of nitrogens with one attached hydrogen (secondary N) is 3. The molecule has 1 atom stereocenters. The molecule has 12 heteroatoms. The van der Waals surface area contributed by atoms with Gasteiger partial charge < -0.3 is 15.0 Å². The molecule has 4 aromatic carbocycles. The minimum absolute atomic E-state index is 0.00182. The molecule has 0 bridgehead atoms. The van der Waals surface area contributed by atoms with Crippen LogP contribution in [0, 0.1) is 11.2 Å². The summed E-state index contributed by atoms with van der Waals surface area (Å²) in [6, 6.07) is 24.9. The Kier molecular flexibility index (Phi) is 10.1. The van der Waals surface area contributed by atoms with Crippen LogP contribution in [-0.4, -0.2) is 38.8 Å². The van der Waals surface area contributed by atoms with Gasteiger partial charge in [0.1, 0.15) is 17.4 Å². The second-order valence-corrected chi connectivity index (χ2v) is 11.5. The predicted octanol–water partition coefficient (Wildman–Crippen LogP) is 5.50. The van der Waals surface area contributed by atoms with Crippen LogP contribution in [0.2, 0.25) is 0 Å². The molecule has 5 N–H and O–H groups in total. The van der Waals surface area contributed by atoms with Crippen molar-refractivity contribution < 1.29 is 27.1 Å². The Bertz CT molecular complexity index is 1760. The second-order valence-electron chi connectivity index (χ2n) is 9.95. The zero-order chi connectivity index (χ0) is 31.9. The van der Waals surface area contributed by atoms with Crippen LogP contribution < -0.4 is 25.4 Å². The number of carbonyl (C=O) groups is 2. The monoisotopic (exact) mass is 617 g/mol. The summed E-state index contributed by atoms with van der Waals surface area (Å²) in [6.45, 7) is 3.97. The van der Waals surface area contributed by atoms with Gasteiger partial charge in [-0.1, -0.05) is 49.4 Å². The fraction of sp³-hybridized carbons (Fsp3) is 0.156. The zero-order valence-electron chi connectivity index (χ0n) is 24.1. The fourth-order valence-corrected chi connectivity index (χ4v) is 5.17. The first-order valence-electron chi connectivity index (χ1n) is 13.7. The summed E-state index contributed by atoms with van der Waals surface area (Å²) in [5.41, 5.74) is 2.67. The van der Waals surface area contributed by atoms with E-state index in [9.17, 15) is 22.4 Å². The van der Waals surface area contributed by atoms with Gasteiger partial charge in [-0.15, -0.1) is 0 Å². The van der Waals surface area contributed by atoms with Crippen LogP contribution in [0.5, 0.6) is 5.75 Å². The highest BCUT2D eigenvalue weighted by molar-refractivity contribution is 7.89. The number of anilines is 2. The summed E-state index contributed by atoms with van der Waals surface area (Å²) in [7, 11) is -3.92. The molecule has 0 aliphatic rings. The molecule has 0 radical (unpaired) electrons. The summed E-state index contributed by atoms with van der Waals surface area (Å²) in [5.74, 6) is -0.841. The molecule has 0 saturated carbocycles. The quantitative estimate of drug-likeness (QED) is 0.136. The number of nitrogens with two attached hydrogens (primary N) is 1. The van der Waals surface area contributed by atoms with E-state index >= 15 is 0 Å². The van der Waals surface area contributed by atoms with Gasteiger partial charge in [0.05, 0.1) is 11.4 Å². The highest BCUT2D eigenvalue weighted by Crippen LogP contribution is 2.28. The van der Waals surface area contributed by atoms with Crippen LogP contribution in [0.4, 0.5) is 20.6 Å². The van der Waals surface area contributed by atoms with Gasteiger partial charge in [-0.25, -0.2) is 22.7 Å². The van der Waals surface area contributed by atoms with Gasteiger partial charge in [-0.3, -0.25) is 15.5 Å². The van der Waals surface area contributed by atoms with E-state index in [4.69, 9.17) is 15.3 Å². The third-order valence-electron chi connectivity index (χ3n) is 6.83. The van der Waals surface area contributed by atoms with E-state index in [1.54, 1.807) is 60.7 Å². The maximum absolute atomic E-state index is 13.1. The maximum atomic E-state index is 13.1. The van der Waals surface area contributed by atoms with Gasteiger partial charge in [-0.05, 0) is 73.5 Å². The average Bonchev–Trinajstić information content (AvgIpc) is 3.00. The Balaban J connectivity index is 1.44. The molecule has 0 aliphatic heterocycles. The van der Waals surface area contributed by atoms with Crippen LogP contribution in [0.3, 0.4) is 0 Å². The van der Waals surface area contributed by atoms with Crippen LogP contribution in [0.1, 0.15) is 25.8 Å².